The Morgan fingerprint density at radius 1 is 1.38 bits per heavy atom. The van der Waals surface area contributed by atoms with Crippen LogP contribution < -0.4 is 5.32 Å². The molecule has 0 atom stereocenters. The van der Waals surface area contributed by atoms with Crippen molar-refractivity contribution in [3.8, 4) is 0 Å². The van der Waals surface area contributed by atoms with Crippen LogP contribution in [-0.2, 0) is 4.79 Å². The molecule has 0 aliphatic carbocycles. The number of anilines is 1. The minimum Gasteiger partial charge on any atom is -0.360 e. The molecule has 2 aromatic heterocycles. The second-order valence-electron chi connectivity index (χ2n) is 4.53. The van der Waals surface area contributed by atoms with E-state index in [4.69, 9.17) is 0 Å². The molecule has 0 fully saturated rings. The summed E-state index contributed by atoms with van der Waals surface area (Å²) >= 11 is 1.61. The van der Waals surface area contributed by atoms with Crippen LogP contribution in [0.5, 0.6) is 0 Å². The summed E-state index contributed by atoms with van der Waals surface area (Å²) in [4.78, 5) is 24.4. The number of rotatable bonds is 7. The zero-order valence-corrected chi connectivity index (χ0v) is 12.8. The Hall–Kier alpha value is -2.21. The normalized spacial score (nSPS) is 10.3. The molecule has 0 saturated carbocycles. The first-order valence-corrected chi connectivity index (χ1v) is 7.42. The van der Waals surface area contributed by atoms with Crippen molar-refractivity contribution in [3.63, 3.8) is 0 Å². The van der Waals surface area contributed by atoms with E-state index in [1.165, 1.54) is 11.2 Å². The fourth-order valence-electron chi connectivity index (χ4n) is 1.98. The summed E-state index contributed by atoms with van der Waals surface area (Å²) in [7, 11) is 0. The number of aryl methyl sites for hydroxylation is 1. The number of nitrogens with one attached hydrogen (secondary N) is 1. The summed E-state index contributed by atoms with van der Waals surface area (Å²) in [6.45, 7) is 10.5. The molecule has 0 unspecified atom stereocenters. The molecule has 1 N–H and O–H groups in total. The van der Waals surface area contributed by atoms with E-state index in [0.717, 1.165) is 10.2 Å². The lowest BCUT2D eigenvalue weighted by Crippen LogP contribution is -2.35. The van der Waals surface area contributed by atoms with E-state index in [1.54, 1.807) is 28.4 Å². The molecule has 2 heterocycles. The molecule has 0 aliphatic rings. The quantitative estimate of drug-likeness (QED) is 0.799. The van der Waals surface area contributed by atoms with Crippen molar-refractivity contribution in [3.05, 3.63) is 42.6 Å². The average Bonchev–Trinajstić information content (AvgIpc) is 2.85. The highest BCUT2D eigenvalue weighted by molar-refractivity contribution is 7.18. The first-order valence-electron chi connectivity index (χ1n) is 6.60. The number of fused-ring (bicyclic) bond motifs is 1. The van der Waals surface area contributed by atoms with Crippen LogP contribution in [-0.4, -0.2) is 40.4 Å². The lowest BCUT2D eigenvalue weighted by atomic mass is 10.3. The van der Waals surface area contributed by atoms with Gasteiger partial charge in [0.1, 0.15) is 17.0 Å². The van der Waals surface area contributed by atoms with Crippen molar-refractivity contribution in [1.29, 1.82) is 0 Å². The van der Waals surface area contributed by atoms with Crippen molar-refractivity contribution >= 4 is 33.3 Å². The maximum Gasteiger partial charge on any atom is 0.242 e. The Kier molecular flexibility index (Phi) is 5.05. The molecular weight excluding hydrogens is 284 g/mol. The summed E-state index contributed by atoms with van der Waals surface area (Å²) in [5.41, 5.74) is 0. The van der Waals surface area contributed by atoms with Crippen molar-refractivity contribution < 1.29 is 4.79 Å². The molecule has 0 aromatic carbocycles. The Morgan fingerprint density at radius 2 is 2.10 bits per heavy atom. The number of aromatic nitrogens is 2. The van der Waals surface area contributed by atoms with E-state index in [0.29, 0.717) is 18.9 Å². The van der Waals surface area contributed by atoms with Gasteiger partial charge in [-0.3, -0.25) is 4.79 Å². The van der Waals surface area contributed by atoms with E-state index >= 15 is 0 Å². The molecule has 2 aromatic rings. The van der Waals surface area contributed by atoms with Crippen LogP contribution in [0.2, 0.25) is 0 Å². The van der Waals surface area contributed by atoms with E-state index in [1.807, 2.05) is 13.0 Å². The van der Waals surface area contributed by atoms with Gasteiger partial charge < -0.3 is 10.2 Å². The zero-order valence-electron chi connectivity index (χ0n) is 12.0. The van der Waals surface area contributed by atoms with Crippen molar-refractivity contribution in [2.75, 3.05) is 25.0 Å². The number of hydrogen-bond donors (Lipinski definition) is 1. The number of carbonyl (C=O) groups is 1. The molecule has 0 saturated heterocycles. The highest BCUT2D eigenvalue weighted by Crippen LogP contribution is 2.27. The standard InChI is InChI=1S/C15H18N4OS/c1-4-6-19(7-5-2)13(20)9-16-14-12-8-11(3)21-15(12)18-10-17-14/h4-5,8,10H,1-2,6-7,9H2,3H3,(H,16,17,18). The van der Waals surface area contributed by atoms with Crippen molar-refractivity contribution in [1.82, 2.24) is 14.9 Å². The second-order valence-corrected chi connectivity index (χ2v) is 5.76. The number of hydrogen-bond acceptors (Lipinski definition) is 5. The zero-order chi connectivity index (χ0) is 15.2. The summed E-state index contributed by atoms with van der Waals surface area (Å²) in [5.74, 6) is 0.670. The predicted octanol–water partition coefficient (Wildman–Crippen LogP) is 2.61. The molecule has 0 aliphatic heterocycles. The smallest absolute Gasteiger partial charge is 0.242 e. The predicted molar refractivity (Wildman–Crippen MR) is 87.6 cm³/mol. The highest BCUT2D eigenvalue weighted by Gasteiger charge is 2.12. The largest absolute Gasteiger partial charge is 0.360 e. The molecule has 110 valence electrons. The topological polar surface area (TPSA) is 58.1 Å². The lowest BCUT2D eigenvalue weighted by Gasteiger charge is -2.19. The van der Waals surface area contributed by atoms with E-state index in [2.05, 4.69) is 28.4 Å². The third-order valence-corrected chi connectivity index (χ3v) is 3.87. The fourth-order valence-corrected chi connectivity index (χ4v) is 2.83. The van der Waals surface area contributed by atoms with E-state index in [-0.39, 0.29) is 12.5 Å². The molecule has 5 nitrogen and oxygen atoms in total. The summed E-state index contributed by atoms with van der Waals surface area (Å²) < 4.78 is 0. The van der Waals surface area contributed by atoms with Gasteiger partial charge in [-0.05, 0) is 13.0 Å². The third-order valence-electron chi connectivity index (χ3n) is 2.91. The van der Waals surface area contributed by atoms with E-state index in [9.17, 15) is 4.79 Å². The first kappa shape index (κ1) is 15.2. The van der Waals surface area contributed by atoms with Gasteiger partial charge in [-0.2, -0.15) is 0 Å². The first-order chi connectivity index (χ1) is 10.2. The minimum absolute atomic E-state index is 0.0199. The van der Waals surface area contributed by atoms with Crippen LogP contribution in [0.15, 0.2) is 37.7 Å². The second kappa shape index (κ2) is 6.99. The molecular formula is C15H18N4OS. The van der Waals surface area contributed by atoms with Gasteiger partial charge >= 0.3 is 0 Å². The molecule has 21 heavy (non-hydrogen) atoms. The maximum atomic E-state index is 12.2. The van der Waals surface area contributed by atoms with Crippen molar-refractivity contribution in [2.24, 2.45) is 0 Å². The highest BCUT2D eigenvalue weighted by atomic mass is 32.1. The van der Waals surface area contributed by atoms with Gasteiger partial charge in [-0.15, -0.1) is 24.5 Å². The van der Waals surface area contributed by atoms with Crippen molar-refractivity contribution in [2.45, 2.75) is 6.92 Å². The minimum atomic E-state index is -0.0199. The monoisotopic (exact) mass is 302 g/mol. The Balaban J connectivity index is 2.08. The SMILES string of the molecule is C=CCN(CC=C)C(=O)CNc1ncnc2sc(C)cc12. The lowest BCUT2D eigenvalue weighted by molar-refractivity contribution is -0.128. The molecule has 0 spiro atoms. The summed E-state index contributed by atoms with van der Waals surface area (Å²) in [6.07, 6.45) is 4.91. The van der Waals surface area contributed by atoms with Crippen LogP contribution in [0.4, 0.5) is 5.82 Å². The third kappa shape index (κ3) is 3.66. The number of amides is 1. The molecule has 0 bridgehead atoms. The Morgan fingerprint density at radius 3 is 2.76 bits per heavy atom. The van der Waals surface area contributed by atoms with Crippen LogP contribution in [0, 0.1) is 6.92 Å². The van der Waals surface area contributed by atoms with Gasteiger partial charge in [0.05, 0.1) is 11.9 Å². The Labute approximate surface area is 128 Å². The maximum absolute atomic E-state index is 12.2. The molecule has 6 heteroatoms. The molecule has 0 radical (unpaired) electrons. The summed E-state index contributed by atoms with van der Waals surface area (Å²) in [5, 5.41) is 4.04. The van der Waals surface area contributed by atoms with Gasteiger partial charge in [0.2, 0.25) is 5.91 Å². The van der Waals surface area contributed by atoms with Gasteiger partial charge in [0.15, 0.2) is 0 Å². The number of carbonyl (C=O) groups excluding carboxylic acids is 1. The van der Waals surface area contributed by atoms with Gasteiger partial charge in [-0.1, -0.05) is 12.2 Å². The van der Waals surface area contributed by atoms with Crippen LogP contribution >= 0.6 is 11.3 Å². The van der Waals surface area contributed by atoms with E-state index < -0.39 is 0 Å². The molecule has 1 amide bonds. The number of nitrogens with zero attached hydrogens (tertiary/aromatic N) is 3. The van der Waals surface area contributed by atoms with Crippen LogP contribution in [0.25, 0.3) is 10.2 Å². The number of thiophene rings is 1. The Bertz CT molecular complexity index is 655. The van der Waals surface area contributed by atoms with Gasteiger partial charge in [0.25, 0.3) is 0 Å². The fraction of sp³-hybridized carbons (Fsp3) is 0.267. The summed E-state index contributed by atoms with van der Waals surface area (Å²) in [6, 6.07) is 2.03. The van der Waals surface area contributed by atoms with Crippen LogP contribution in [0.1, 0.15) is 4.88 Å². The average molecular weight is 302 g/mol. The van der Waals surface area contributed by atoms with Crippen LogP contribution in [0.3, 0.4) is 0 Å². The van der Waals surface area contributed by atoms with Gasteiger partial charge in [0, 0.05) is 18.0 Å². The van der Waals surface area contributed by atoms with Gasteiger partial charge in [-0.25, -0.2) is 9.97 Å². The molecule has 2 rings (SSSR count).